The van der Waals surface area contributed by atoms with E-state index in [1.54, 1.807) is 0 Å². The van der Waals surface area contributed by atoms with Crippen molar-refractivity contribution in [3.05, 3.63) is 66.0 Å². The van der Waals surface area contributed by atoms with Gasteiger partial charge in [-0.3, -0.25) is 4.98 Å². The summed E-state index contributed by atoms with van der Waals surface area (Å²) in [5.74, 6) is 0.916. The molecule has 4 rings (SSSR count). The molecule has 3 aromatic rings. The van der Waals surface area contributed by atoms with Crippen LogP contribution in [-0.2, 0) is 5.75 Å². The van der Waals surface area contributed by atoms with E-state index in [4.69, 9.17) is 0 Å². The van der Waals surface area contributed by atoms with Gasteiger partial charge in [0.25, 0.3) is 0 Å². The average molecular weight is 349 g/mol. The van der Waals surface area contributed by atoms with E-state index >= 15 is 0 Å². The van der Waals surface area contributed by atoms with E-state index in [1.165, 1.54) is 65.0 Å². The van der Waals surface area contributed by atoms with Crippen molar-refractivity contribution >= 4 is 28.2 Å². The Balaban J connectivity index is 1.50. The smallest absolute Gasteiger partial charge is 0.0527 e. The van der Waals surface area contributed by atoms with Gasteiger partial charge in [-0.1, -0.05) is 30.3 Å². The number of rotatable bonds is 4. The maximum atomic E-state index is 4.66. The number of thioether (sulfide) groups is 1. The lowest BCUT2D eigenvalue weighted by Gasteiger charge is -2.30. The Hall–Kier alpha value is -2.00. The molecule has 1 saturated heterocycles. The number of fused-ring (bicyclic) bond motifs is 1. The third-order valence-corrected chi connectivity index (χ3v) is 5.96. The fourth-order valence-corrected chi connectivity index (χ4v) is 4.37. The minimum absolute atomic E-state index is 0.916. The van der Waals surface area contributed by atoms with E-state index in [1.807, 2.05) is 18.0 Å². The van der Waals surface area contributed by atoms with Crippen LogP contribution in [0.3, 0.4) is 0 Å². The molecule has 2 aromatic carbocycles. The molecular weight excluding hydrogens is 324 g/mol. The topological polar surface area (TPSA) is 16.1 Å². The summed E-state index contributed by atoms with van der Waals surface area (Å²) in [4.78, 5) is 8.50. The highest BCUT2D eigenvalue weighted by atomic mass is 32.2. The van der Waals surface area contributed by atoms with Crippen LogP contribution in [0.25, 0.3) is 10.8 Å². The van der Waals surface area contributed by atoms with Gasteiger partial charge in [0.15, 0.2) is 0 Å². The molecule has 1 aliphatic rings. The standard InChI is InChI=1S/C22H24N2S/c1-17-15-23-20(14-22(17)24-11-5-2-6-12-24)16-25-21-10-9-18-7-3-4-8-19(18)13-21/h3-4,7-10,13-15H,2,5-6,11-12,16H2,1H3. The molecule has 1 aromatic heterocycles. The van der Waals surface area contributed by atoms with E-state index in [0.717, 1.165) is 5.75 Å². The molecule has 1 aliphatic heterocycles. The fraction of sp³-hybridized carbons (Fsp3) is 0.318. The first-order valence-corrected chi connectivity index (χ1v) is 10.1. The van der Waals surface area contributed by atoms with Crippen LogP contribution in [0.2, 0.25) is 0 Å². The third kappa shape index (κ3) is 3.82. The lowest BCUT2D eigenvalue weighted by Crippen LogP contribution is -2.30. The van der Waals surface area contributed by atoms with Crippen LogP contribution >= 0.6 is 11.8 Å². The molecule has 2 heterocycles. The van der Waals surface area contributed by atoms with Gasteiger partial charge in [0, 0.05) is 35.6 Å². The molecule has 0 bridgehead atoms. The van der Waals surface area contributed by atoms with Crippen molar-refractivity contribution < 1.29 is 0 Å². The van der Waals surface area contributed by atoms with Crippen LogP contribution in [0, 0.1) is 6.92 Å². The van der Waals surface area contributed by atoms with Crippen LogP contribution in [0.15, 0.2) is 59.6 Å². The summed E-state index contributed by atoms with van der Waals surface area (Å²) in [7, 11) is 0. The second-order valence-corrected chi connectivity index (χ2v) is 7.86. The van der Waals surface area contributed by atoms with Crippen LogP contribution in [0.4, 0.5) is 5.69 Å². The Morgan fingerprint density at radius 3 is 2.60 bits per heavy atom. The highest BCUT2D eigenvalue weighted by molar-refractivity contribution is 7.98. The second kappa shape index (κ2) is 7.49. The van der Waals surface area contributed by atoms with E-state index in [9.17, 15) is 0 Å². The van der Waals surface area contributed by atoms with Gasteiger partial charge >= 0.3 is 0 Å². The maximum absolute atomic E-state index is 4.66. The summed E-state index contributed by atoms with van der Waals surface area (Å²) >= 11 is 1.87. The number of anilines is 1. The molecule has 128 valence electrons. The van der Waals surface area contributed by atoms with Gasteiger partial charge in [-0.25, -0.2) is 0 Å². The quantitative estimate of drug-likeness (QED) is 0.552. The molecule has 0 radical (unpaired) electrons. The highest BCUT2D eigenvalue weighted by Gasteiger charge is 2.14. The van der Waals surface area contributed by atoms with Gasteiger partial charge in [-0.05, 0) is 60.7 Å². The molecule has 25 heavy (non-hydrogen) atoms. The molecular formula is C22H24N2S. The molecule has 1 fully saturated rings. The van der Waals surface area contributed by atoms with Crippen molar-refractivity contribution in [2.75, 3.05) is 18.0 Å². The van der Waals surface area contributed by atoms with Gasteiger partial charge in [0.05, 0.1) is 5.69 Å². The monoisotopic (exact) mass is 348 g/mol. The number of pyridine rings is 1. The van der Waals surface area contributed by atoms with Crippen molar-refractivity contribution in [1.82, 2.24) is 4.98 Å². The van der Waals surface area contributed by atoms with Crippen molar-refractivity contribution in [3.8, 4) is 0 Å². The van der Waals surface area contributed by atoms with Gasteiger partial charge in [-0.2, -0.15) is 0 Å². The number of nitrogens with zero attached hydrogens (tertiary/aromatic N) is 2. The molecule has 0 spiro atoms. The first-order valence-electron chi connectivity index (χ1n) is 9.12. The van der Waals surface area contributed by atoms with Crippen molar-refractivity contribution in [2.24, 2.45) is 0 Å². The molecule has 0 amide bonds. The zero-order valence-corrected chi connectivity index (χ0v) is 15.6. The molecule has 0 saturated carbocycles. The van der Waals surface area contributed by atoms with Gasteiger partial charge in [0.2, 0.25) is 0 Å². The molecule has 2 nitrogen and oxygen atoms in total. The molecule has 3 heteroatoms. The minimum atomic E-state index is 0.916. The largest absolute Gasteiger partial charge is 0.371 e. The Bertz CT molecular complexity index is 869. The van der Waals surface area contributed by atoms with Crippen LogP contribution in [-0.4, -0.2) is 18.1 Å². The third-order valence-electron chi connectivity index (χ3n) is 4.94. The summed E-state index contributed by atoms with van der Waals surface area (Å²) in [5.41, 5.74) is 3.84. The first kappa shape index (κ1) is 16.5. The SMILES string of the molecule is Cc1cnc(CSc2ccc3ccccc3c2)cc1N1CCCCC1. The predicted octanol–water partition coefficient (Wildman–Crippen LogP) is 5.83. The predicted molar refractivity (Wildman–Crippen MR) is 109 cm³/mol. The average Bonchev–Trinajstić information content (AvgIpc) is 2.68. The minimum Gasteiger partial charge on any atom is -0.371 e. The molecule has 0 aliphatic carbocycles. The van der Waals surface area contributed by atoms with Crippen molar-refractivity contribution in [2.45, 2.75) is 36.8 Å². The van der Waals surface area contributed by atoms with E-state index in [-0.39, 0.29) is 0 Å². The van der Waals surface area contributed by atoms with Crippen molar-refractivity contribution in [1.29, 1.82) is 0 Å². The zero-order valence-electron chi connectivity index (χ0n) is 14.7. The fourth-order valence-electron chi connectivity index (χ4n) is 3.52. The van der Waals surface area contributed by atoms with Crippen LogP contribution < -0.4 is 4.90 Å². The Morgan fingerprint density at radius 1 is 0.960 bits per heavy atom. The lowest BCUT2D eigenvalue weighted by atomic mass is 10.1. The number of aromatic nitrogens is 1. The van der Waals surface area contributed by atoms with E-state index in [0.29, 0.717) is 0 Å². The Morgan fingerprint density at radius 2 is 1.76 bits per heavy atom. The maximum Gasteiger partial charge on any atom is 0.0527 e. The summed E-state index contributed by atoms with van der Waals surface area (Å²) in [6.45, 7) is 4.54. The van der Waals surface area contributed by atoms with Crippen molar-refractivity contribution in [3.63, 3.8) is 0 Å². The van der Waals surface area contributed by atoms with Crippen LogP contribution in [0.5, 0.6) is 0 Å². The summed E-state index contributed by atoms with van der Waals surface area (Å²) in [6.07, 6.45) is 6.03. The normalized spacial score (nSPS) is 14.8. The number of aryl methyl sites for hydroxylation is 1. The van der Waals surface area contributed by atoms with Gasteiger partial charge in [0.1, 0.15) is 0 Å². The number of piperidine rings is 1. The molecule has 0 atom stereocenters. The molecule has 0 unspecified atom stereocenters. The highest BCUT2D eigenvalue weighted by Crippen LogP contribution is 2.29. The zero-order chi connectivity index (χ0) is 17.1. The summed E-state index contributed by atoms with van der Waals surface area (Å²) < 4.78 is 0. The number of hydrogen-bond acceptors (Lipinski definition) is 3. The second-order valence-electron chi connectivity index (χ2n) is 6.81. The Labute approximate surface area is 154 Å². The first-order chi connectivity index (χ1) is 12.3. The van der Waals surface area contributed by atoms with Gasteiger partial charge < -0.3 is 4.90 Å². The lowest BCUT2D eigenvalue weighted by molar-refractivity contribution is 0.576. The van der Waals surface area contributed by atoms with Crippen LogP contribution in [0.1, 0.15) is 30.5 Å². The number of benzene rings is 2. The van der Waals surface area contributed by atoms with E-state index in [2.05, 4.69) is 65.3 Å². The molecule has 0 N–H and O–H groups in total. The van der Waals surface area contributed by atoms with E-state index < -0.39 is 0 Å². The summed E-state index contributed by atoms with van der Waals surface area (Å²) in [5, 5.41) is 2.60. The summed E-state index contributed by atoms with van der Waals surface area (Å²) in [6, 6.07) is 17.5. The van der Waals surface area contributed by atoms with Gasteiger partial charge in [-0.15, -0.1) is 11.8 Å². The number of hydrogen-bond donors (Lipinski definition) is 0. The Kier molecular flexibility index (Phi) is 4.93.